The number of aromatic nitrogens is 1. The molecular formula is C27H27F2N3O6. The molecule has 1 aliphatic heterocycles. The number of carboxylic acid groups (broad SMARTS) is 2. The number of halogens is 2. The van der Waals surface area contributed by atoms with Crippen LogP contribution in [0.2, 0.25) is 0 Å². The number of nitrogens with zero attached hydrogens (tertiary/aromatic N) is 2. The topological polar surface area (TPSA) is 135 Å². The lowest BCUT2D eigenvalue weighted by Gasteiger charge is -2.25. The Morgan fingerprint density at radius 1 is 1.11 bits per heavy atom. The van der Waals surface area contributed by atoms with Gasteiger partial charge in [-0.15, -0.1) is 0 Å². The molecule has 0 saturated carbocycles. The Kier molecular flexibility index (Phi) is 8.06. The van der Waals surface area contributed by atoms with Crippen LogP contribution in [0.5, 0.6) is 17.5 Å². The molecule has 0 amide bonds. The van der Waals surface area contributed by atoms with E-state index in [9.17, 15) is 28.6 Å². The molecule has 0 radical (unpaired) electrons. The van der Waals surface area contributed by atoms with E-state index in [4.69, 9.17) is 15.2 Å². The van der Waals surface area contributed by atoms with E-state index in [0.29, 0.717) is 43.2 Å². The van der Waals surface area contributed by atoms with Gasteiger partial charge in [-0.2, -0.15) is 4.98 Å². The summed E-state index contributed by atoms with van der Waals surface area (Å²) >= 11 is 0. The maximum atomic E-state index is 14.7. The van der Waals surface area contributed by atoms with E-state index >= 15 is 0 Å². The number of carboxylic acids is 2. The van der Waals surface area contributed by atoms with E-state index in [1.807, 2.05) is 30.3 Å². The first-order valence-corrected chi connectivity index (χ1v) is 12.1. The summed E-state index contributed by atoms with van der Waals surface area (Å²) < 4.78 is 39.9. The van der Waals surface area contributed by atoms with Gasteiger partial charge in [0, 0.05) is 30.9 Å². The number of rotatable bonds is 10. The lowest BCUT2D eigenvalue weighted by Crippen LogP contribution is -2.35. The molecule has 11 heteroatoms. The predicted octanol–water partition coefficient (Wildman–Crippen LogP) is 4.57. The molecule has 4 rings (SSSR count). The fourth-order valence-electron chi connectivity index (χ4n) is 4.33. The second-order valence-electron chi connectivity index (χ2n) is 8.83. The zero-order chi connectivity index (χ0) is 27.4. The van der Waals surface area contributed by atoms with Crippen LogP contribution in [0.15, 0.2) is 48.5 Å². The zero-order valence-electron chi connectivity index (χ0n) is 20.6. The first-order valence-electron chi connectivity index (χ1n) is 12.1. The minimum Gasteiger partial charge on any atom is -0.480 e. The standard InChI is InChI=1S/C27H27F2N3O6/c1-2-23(27(35)36)38-25-21(29)13-20(28)24(31-25)37-19-11-17(16-6-3-5-15(9-16)14-30)10-18(12-19)32-8-4-7-22(32)26(33)34/h3,5-6,9-13,22-23H,2,4,7-8,14,30H2,1H3,(H,33,34)(H,35,36)/t22-,23+/m0/s1. The van der Waals surface area contributed by atoms with E-state index in [0.717, 1.165) is 11.1 Å². The Balaban J connectivity index is 1.76. The molecule has 9 nitrogen and oxygen atoms in total. The van der Waals surface area contributed by atoms with Gasteiger partial charge in [0.15, 0.2) is 17.7 Å². The van der Waals surface area contributed by atoms with Crippen LogP contribution in [-0.2, 0) is 16.1 Å². The molecule has 2 atom stereocenters. The van der Waals surface area contributed by atoms with Crippen molar-refractivity contribution in [3.05, 3.63) is 65.7 Å². The molecule has 1 fully saturated rings. The SMILES string of the molecule is CC[C@@H](Oc1nc(Oc2cc(-c3cccc(CN)c3)cc(N3CCC[C@H]3C(=O)O)c2)c(F)cc1F)C(=O)O. The highest BCUT2D eigenvalue weighted by molar-refractivity contribution is 5.81. The van der Waals surface area contributed by atoms with Crippen molar-refractivity contribution in [1.29, 1.82) is 0 Å². The van der Waals surface area contributed by atoms with Crippen LogP contribution in [-0.4, -0.2) is 45.8 Å². The first-order chi connectivity index (χ1) is 18.2. The number of carbonyl (C=O) groups is 2. The maximum Gasteiger partial charge on any atom is 0.344 e. The average Bonchev–Trinajstić information content (AvgIpc) is 3.40. The third kappa shape index (κ3) is 5.83. The van der Waals surface area contributed by atoms with Crippen LogP contribution in [0, 0.1) is 11.6 Å². The number of pyridine rings is 1. The highest BCUT2D eigenvalue weighted by Gasteiger charge is 2.31. The van der Waals surface area contributed by atoms with Crippen LogP contribution in [0.3, 0.4) is 0 Å². The van der Waals surface area contributed by atoms with E-state index in [1.165, 1.54) is 6.92 Å². The number of aliphatic carboxylic acids is 2. The van der Waals surface area contributed by atoms with Crippen LogP contribution >= 0.6 is 0 Å². The molecule has 1 aliphatic rings. The van der Waals surface area contributed by atoms with Gasteiger partial charge in [-0.1, -0.05) is 25.1 Å². The molecule has 2 aromatic carbocycles. The van der Waals surface area contributed by atoms with Crippen LogP contribution in [0.4, 0.5) is 14.5 Å². The monoisotopic (exact) mass is 527 g/mol. The summed E-state index contributed by atoms with van der Waals surface area (Å²) in [6, 6.07) is 12.2. The maximum absolute atomic E-state index is 14.7. The highest BCUT2D eigenvalue weighted by Crippen LogP contribution is 2.37. The van der Waals surface area contributed by atoms with Crippen LogP contribution in [0.1, 0.15) is 31.7 Å². The van der Waals surface area contributed by atoms with Gasteiger partial charge >= 0.3 is 11.9 Å². The lowest BCUT2D eigenvalue weighted by molar-refractivity contribution is -0.145. The molecule has 3 aromatic rings. The van der Waals surface area contributed by atoms with Crippen molar-refractivity contribution in [3.63, 3.8) is 0 Å². The number of benzene rings is 2. The zero-order valence-corrected chi connectivity index (χ0v) is 20.6. The Morgan fingerprint density at radius 3 is 2.55 bits per heavy atom. The van der Waals surface area contributed by atoms with Crippen LogP contribution in [0.25, 0.3) is 11.1 Å². The minimum atomic E-state index is -1.39. The van der Waals surface area contributed by atoms with Gasteiger partial charge in [0.1, 0.15) is 11.8 Å². The summed E-state index contributed by atoms with van der Waals surface area (Å²) in [6.45, 7) is 2.34. The molecule has 1 aromatic heterocycles. The highest BCUT2D eigenvalue weighted by atomic mass is 19.1. The van der Waals surface area contributed by atoms with Crippen LogP contribution < -0.4 is 20.1 Å². The second kappa shape index (κ2) is 11.4. The van der Waals surface area contributed by atoms with E-state index in [-0.39, 0.29) is 12.2 Å². The van der Waals surface area contributed by atoms with Gasteiger partial charge in [0.25, 0.3) is 11.8 Å². The van der Waals surface area contributed by atoms with Gasteiger partial charge < -0.3 is 30.3 Å². The van der Waals surface area contributed by atoms with Gasteiger partial charge in [0.2, 0.25) is 0 Å². The summed E-state index contributed by atoms with van der Waals surface area (Å²) in [6.07, 6.45) is -0.215. The summed E-state index contributed by atoms with van der Waals surface area (Å²) in [5, 5.41) is 18.9. The third-order valence-corrected chi connectivity index (χ3v) is 6.24. The Bertz CT molecular complexity index is 1350. The number of ether oxygens (including phenoxy) is 2. The Hall–Kier alpha value is -4.25. The minimum absolute atomic E-state index is 0.0257. The van der Waals surface area contributed by atoms with E-state index in [2.05, 4.69) is 4.98 Å². The first kappa shape index (κ1) is 26.8. The number of anilines is 1. The van der Waals surface area contributed by atoms with Gasteiger partial charge in [-0.3, -0.25) is 0 Å². The smallest absolute Gasteiger partial charge is 0.344 e. The summed E-state index contributed by atoms with van der Waals surface area (Å²) in [4.78, 5) is 28.6. The van der Waals surface area contributed by atoms with Crippen molar-refractivity contribution in [2.45, 2.75) is 44.9 Å². The third-order valence-electron chi connectivity index (χ3n) is 6.24. The largest absolute Gasteiger partial charge is 0.480 e. The number of nitrogens with two attached hydrogens (primary N) is 1. The molecule has 200 valence electrons. The summed E-state index contributed by atoms with van der Waals surface area (Å²) in [5.74, 6) is -5.82. The second-order valence-corrected chi connectivity index (χ2v) is 8.83. The van der Waals surface area contributed by atoms with Crippen molar-refractivity contribution >= 4 is 17.6 Å². The quantitative estimate of drug-likeness (QED) is 0.346. The molecule has 0 unspecified atom stereocenters. The molecule has 0 aliphatic carbocycles. The van der Waals surface area contributed by atoms with Crippen molar-refractivity contribution < 1.29 is 38.1 Å². The van der Waals surface area contributed by atoms with E-state index in [1.54, 1.807) is 17.0 Å². The van der Waals surface area contributed by atoms with Crippen molar-refractivity contribution in [1.82, 2.24) is 4.98 Å². The molecule has 0 bridgehead atoms. The predicted molar refractivity (Wildman–Crippen MR) is 134 cm³/mol. The Labute approximate surface area is 217 Å². The molecule has 1 saturated heterocycles. The van der Waals surface area contributed by atoms with Crippen molar-refractivity contribution in [3.8, 4) is 28.6 Å². The Morgan fingerprint density at radius 2 is 1.87 bits per heavy atom. The molecular weight excluding hydrogens is 500 g/mol. The molecule has 38 heavy (non-hydrogen) atoms. The number of hydrogen-bond donors (Lipinski definition) is 3. The van der Waals surface area contributed by atoms with Crippen molar-refractivity contribution in [2.75, 3.05) is 11.4 Å². The molecule has 0 spiro atoms. The average molecular weight is 528 g/mol. The van der Waals surface area contributed by atoms with E-state index < -0.39 is 47.5 Å². The molecule has 4 N–H and O–H groups in total. The summed E-state index contributed by atoms with van der Waals surface area (Å²) in [7, 11) is 0. The van der Waals surface area contributed by atoms with Crippen molar-refractivity contribution in [2.24, 2.45) is 5.73 Å². The summed E-state index contributed by atoms with van der Waals surface area (Å²) in [5.41, 5.74) is 8.62. The fourth-order valence-corrected chi connectivity index (χ4v) is 4.33. The lowest BCUT2D eigenvalue weighted by atomic mass is 10.0. The van der Waals surface area contributed by atoms with Gasteiger partial charge in [-0.05, 0) is 54.2 Å². The fraction of sp³-hybridized carbons (Fsp3) is 0.296. The normalized spacial score (nSPS) is 15.8. The van der Waals surface area contributed by atoms with Gasteiger partial charge in [0.05, 0.1) is 0 Å². The number of hydrogen-bond acceptors (Lipinski definition) is 7. The molecule has 2 heterocycles. The van der Waals surface area contributed by atoms with Gasteiger partial charge in [-0.25, -0.2) is 18.4 Å².